The van der Waals surface area contributed by atoms with E-state index in [0.29, 0.717) is 27.4 Å². The van der Waals surface area contributed by atoms with E-state index in [1.165, 1.54) is 35.2 Å². The molecule has 2 aromatic carbocycles. The summed E-state index contributed by atoms with van der Waals surface area (Å²) in [5, 5.41) is 52.2. The normalized spacial score (nSPS) is 23.1. The number of ether oxygens (including phenoxy) is 6. The fourth-order valence-electron chi connectivity index (χ4n) is 9.80. The van der Waals surface area contributed by atoms with Crippen molar-refractivity contribution in [2.75, 3.05) is 47.7 Å². The van der Waals surface area contributed by atoms with Crippen LogP contribution < -0.4 is 21.3 Å². The third-order valence-corrected chi connectivity index (χ3v) is 22.4. The van der Waals surface area contributed by atoms with Crippen LogP contribution in [-0.2, 0) is 59.4 Å². The first kappa shape index (κ1) is 83.1. The largest absolute Gasteiger partial charge is 0.475 e. The topological polar surface area (TPSA) is 415 Å². The minimum Gasteiger partial charge on any atom is -0.443 e. The van der Waals surface area contributed by atoms with Crippen molar-refractivity contribution in [1.29, 1.82) is 0 Å². The first-order valence-corrected chi connectivity index (χ1v) is 38.3. The number of phosphoric ester groups is 1. The lowest BCUT2D eigenvalue weighted by Crippen LogP contribution is -2.47. The van der Waals surface area contributed by atoms with Crippen molar-refractivity contribution in [1.82, 2.24) is 39.0 Å². The molecule has 0 saturated carbocycles. The Morgan fingerprint density at radius 3 is 1.54 bits per heavy atom. The summed E-state index contributed by atoms with van der Waals surface area (Å²) in [4.78, 5) is 83.2. The number of fused-ring (bicyclic) bond motifs is 3. The van der Waals surface area contributed by atoms with Crippen LogP contribution in [0.3, 0.4) is 0 Å². The van der Waals surface area contributed by atoms with Crippen LogP contribution in [0.1, 0.15) is 162 Å². The monoisotopic (exact) mass is 1520 g/mol. The smallest absolute Gasteiger partial charge is 0.443 e. The molecule has 9 atom stereocenters. The number of nitrogens with zero attached hydrogens (tertiary/aromatic N) is 10. The van der Waals surface area contributed by atoms with Gasteiger partial charge in [0.05, 0.1) is 32.5 Å². The van der Waals surface area contributed by atoms with Gasteiger partial charge in [-0.25, -0.2) is 33.7 Å². The summed E-state index contributed by atoms with van der Waals surface area (Å²) in [5.74, 6) is -1.28. The van der Waals surface area contributed by atoms with Crippen LogP contribution in [0, 0.1) is 0 Å². The summed E-state index contributed by atoms with van der Waals surface area (Å²) in [7, 11) is 3.17. The minimum atomic E-state index is -3.97. The quantitative estimate of drug-likeness (QED) is 0.0285. The Morgan fingerprint density at radius 2 is 1.08 bits per heavy atom. The summed E-state index contributed by atoms with van der Waals surface area (Å²) >= 11 is 0. The summed E-state index contributed by atoms with van der Waals surface area (Å²) in [6.07, 6.45) is -8.28. The van der Waals surface area contributed by atoms with E-state index in [1.807, 2.05) is 41.1 Å². The molecule has 4 aromatic heterocycles. The first-order chi connectivity index (χ1) is 46.9. The molecule has 3 saturated heterocycles. The molecule has 0 bridgehead atoms. The number of aromatic nitrogens is 8. The molecule has 9 rings (SSSR count). The molecule has 3 aliphatic heterocycles. The van der Waals surface area contributed by atoms with Gasteiger partial charge in [0.1, 0.15) is 63.5 Å². The first-order valence-electron chi connectivity index (χ1n) is 32.6. The van der Waals surface area contributed by atoms with Crippen molar-refractivity contribution in [3.63, 3.8) is 0 Å². The number of phosphoric acid groups is 1. The fourth-order valence-corrected chi connectivity index (χ4v) is 15.8. The zero-order chi connectivity index (χ0) is 76.3. The zero-order valence-corrected chi connectivity index (χ0v) is 65.3. The van der Waals surface area contributed by atoms with E-state index in [9.17, 15) is 44.2 Å². The van der Waals surface area contributed by atoms with E-state index in [4.69, 9.17) is 58.6 Å². The molecule has 31 nitrogen and oxygen atoms in total. The number of aliphatic hydroxyl groups excluding tert-OH is 3. The van der Waals surface area contributed by atoms with Crippen LogP contribution in [0.4, 0.5) is 42.7 Å². The summed E-state index contributed by atoms with van der Waals surface area (Å²) in [6.45, 7) is 34.1. The molecule has 102 heavy (non-hydrogen) atoms. The third-order valence-electron chi connectivity index (χ3n) is 14.1. The second-order valence-electron chi connectivity index (χ2n) is 30.3. The number of nitrogens with two attached hydrogens (primary N) is 2. The Morgan fingerprint density at radius 1 is 0.627 bits per heavy atom. The number of nitrogen functional groups attached to an aromatic ring is 2. The third kappa shape index (κ3) is 21.8. The number of hydrogen-bond acceptors (Lipinski definition) is 31. The number of imide groups is 2. The van der Waals surface area contributed by atoms with Gasteiger partial charge in [-0.2, -0.15) is 24.8 Å². The Hall–Kier alpha value is -6.15. The predicted molar refractivity (Wildman–Crippen MR) is 390 cm³/mol. The molecule has 0 spiro atoms. The lowest BCUT2D eigenvalue weighted by atomic mass is 9.96. The molecule has 7 heterocycles. The number of imidazole rings is 2. The molecule has 564 valence electrons. The van der Waals surface area contributed by atoms with Crippen LogP contribution in [0.15, 0.2) is 71.0 Å². The van der Waals surface area contributed by atoms with Gasteiger partial charge in [-0.05, 0) is 133 Å². The second kappa shape index (κ2) is 32.3. The van der Waals surface area contributed by atoms with Gasteiger partial charge in [-0.1, -0.05) is 121 Å². The Balaban J connectivity index is 0.000000242. The van der Waals surface area contributed by atoms with E-state index >= 15 is 0 Å². The highest BCUT2D eigenvalue weighted by molar-refractivity contribution is 8.77. The van der Waals surface area contributed by atoms with Crippen molar-refractivity contribution in [2.24, 2.45) is 0 Å². The number of rotatable bonds is 15. The highest BCUT2D eigenvalue weighted by Gasteiger charge is 2.61. The minimum absolute atomic E-state index is 0.0405. The van der Waals surface area contributed by atoms with E-state index in [1.54, 1.807) is 115 Å². The van der Waals surface area contributed by atoms with Crippen molar-refractivity contribution < 1.29 is 91.3 Å². The number of aliphatic hydroxyl groups is 5. The van der Waals surface area contributed by atoms with Crippen LogP contribution >= 0.6 is 51.0 Å². The van der Waals surface area contributed by atoms with E-state index in [-0.39, 0.29) is 52.2 Å². The molecule has 0 aliphatic carbocycles. The molecular formula is C66H97N12O19PS4. The number of benzene rings is 2. The van der Waals surface area contributed by atoms with Gasteiger partial charge in [-0.3, -0.25) is 22.7 Å². The number of amides is 4. The number of carbonyl (C=O) groups excluding carboxylic acids is 4. The molecule has 9 N–H and O–H groups in total. The van der Waals surface area contributed by atoms with Crippen molar-refractivity contribution in [3.05, 3.63) is 72.3 Å². The van der Waals surface area contributed by atoms with Gasteiger partial charge >= 0.3 is 32.2 Å². The maximum atomic E-state index is 13.7. The number of hydrogen-bond donors (Lipinski definition) is 7. The maximum Gasteiger partial charge on any atom is 0.475 e. The standard InChI is InChI=1S/C31H48N6O12.C23H31N6O6PS2.C12H18OS2/c1-27(2,3)46-23(40)36(24(41)47-28(4,5)6)20-17-19(35(15-32-17)21-31(13,44)18(39)16(14-38)45-21)33-22(34-20)37(25(42)48-29(7,8)9)26(43)49-30(10,11)12;1-22(2,3)38-37-15-8-6-5-7-13(15)9-10-32-36(31)33-11-14-17(35-36)23(4,30)20(34-14)29-12-26-16-18(24)27-21(25)28-19(16)29;1-12(2,3)15-14-11-7-5-4-6-10(11)8-9-13/h15-16,18,21,38-39,44H,14H2,1-13H3;5-8,12,14,17,20,30H,9-11H2,1-4H3,(H4,24,25,27,28);4-7,13H,8-9H2,1-3H3/t16-,18-,21-,31-;14-,17-,20-,23-,36?;/m11./s1. The lowest BCUT2D eigenvalue weighted by molar-refractivity contribution is -0.0950. The van der Waals surface area contributed by atoms with Crippen LogP contribution in [-0.4, -0.2) is 183 Å². The van der Waals surface area contributed by atoms with Gasteiger partial charge < -0.3 is 65.4 Å². The van der Waals surface area contributed by atoms with Crippen molar-refractivity contribution in [2.45, 2.75) is 241 Å². The maximum absolute atomic E-state index is 13.7. The fraction of sp³-hybridized carbons (Fsp3) is 0.606. The second-order valence-corrected chi connectivity index (χ2v) is 37.9. The summed E-state index contributed by atoms with van der Waals surface area (Å²) in [5.41, 5.74) is 5.80. The molecule has 3 fully saturated rings. The lowest BCUT2D eigenvalue weighted by Gasteiger charge is -2.35. The van der Waals surface area contributed by atoms with Crippen LogP contribution in [0.5, 0.6) is 0 Å². The summed E-state index contributed by atoms with van der Waals surface area (Å²) < 4.78 is 67.1. The highest BCUT2D eigenvalue weighted by atomic mass is 33.1. The molecule has 1 unspecified atom stereocenters. The molecule has 6 aromatic rings. The SMILES string of the molecule is CC(C)(C)OC(=O)N(C(=O)OC(C)(C)C)c1nc(N(C(=O)OC(C)(C)C)C(=O)OC(C)(C)C)c2ncn([C@@H]3O[C@H](CO)[C@@H](O)[C@@]3(C)O)c2n1.CC(C)(C)SSc1ccccc1CCO.CC(C)(C)SSc1ccccc1CCOP1(=O)OC[C@H]2O[C@@H](n3cnc4c(N)nc(N)nc43)[C@](C)(O)[C@@H]2O1. The molecule has 36 heteroatoms. The average Bonchev–Trinajstić information content (AvgIpc) is 1.57. The van der Waals surface area contributed by atoms with E-state index in [2.05, 4.69) is 89.6 Å². The molecule has 4 amide bonds. The number of carbonyl (C=O) groups is 4. The van der Waals surface area contributed by atoms with Gasteiger partial charge in [0.2, 0.25) is 11.9 Å². The van der Waals surface area contributed by atoms with Gasteiger partial charge in [-0.15, -0.1) is 4.90 Å². The average molecular weight is 1520 g/mol. The van der Waals surface area contributed by atoms with Crippen molar-refractivity contribution >= 4 is 121 Å². The predicted octanol–water partition coefficient (Wildman–Crippen LogP) is 11.9. The Kier molecular flexibility index (Phi) is 26.3. The zero-order valence-electron chi connectivity index (χ0n) is 61.1. The van der Waals surface area contributed by atoms with E-state index in [0.717, 1.165) is 27.8 Å². The van der Waals surface area contributed by atoms with E-state index < -0.39 is 121 Å². The Bertz CT molecular complexity index is 3940. The molecular weight excluding hydrogens is 1420 g/mol. The van der Waals surface area contributed by atoms with Gasteiger partial charge in [0, 0.05) is 25.9 Å². The van der Waals surface area contributed by atoms with Crippen LogP contribution in [0.25, 0.3) is 22.3 Å². The van der Waals surface area contributed by atoms with Crippen molar-refractivity contribution in [3.8, 4) is 0 Å². The van der Waals surface area contributed by atoms with Gasteiger partial charge in [0.15, 0.2) is 40.9 Å². The van der Waals surface area contributed by atoms with Gasteiger partial charge in [0.25, 0.3) is 0 Å². The summed E-state index contributed by atoms with van der Waals surface area (Å²) in [6, 6.07) is 16.3. The highest BCUT2D eigenvalue weighted by Crippen LogP contribution is 2.59. The number of anilines is 4. The molecule has 0 radical (unpaired) electrons. The Labute approximate surface area is 609 Å². The molecule has 3 aliphatic rings. The van der Waals surface area contributed by atoms with Crippen LogP contribution in [0.2, 0.25) is 0 Å².